The van der Waals surface area contributed by atoms with E-state index in [1.807, 2.05) is 0 Å². The fourth-order valence-electron chi connectivity index (χ4n) is 3.20. The van der Waals surface area contributed by atoms with E-state index in [1.165, 1.54) is 15.9 Å². The van der Waals surface area contributed by atoms with Crippen LogP contribution in [0.2, 0.25) is 5.02 Å². The Morgan fingerprint density at radius 2 is 1.69 bits per heavy atom. The number of nitro benzene ring substituents is 1. The molecule has 1 aliphatic rings. The van der Waals surface area contributed by atoms with Crippen LogP contribution in [0.1, 0.15) is 10.4 Å². The van der Waals surface area contributed by atoms with Crippen LogP contribution in [0, 0.1) is 15.9 Å². The van der Waals surface area contributed by atoms with Crippen LogP contribution in [0.4, 0.5) is 28.9 Å². The molecule has 0 spiro atoms. The standard InChI is InChI=1S/C18H14ClF4N3O5S/c19-14-9-11(20)1-3-13(14)17(27)25-7-5-24(6-8-25)15-4-2-12(10-16(15)26(28)29)32(30,31)18(21,22)23/h1-4,9-10H,5-8H2. The third-order valence-corrected chi connectivity index (χ3v) is 6.62. The highest BCUT2D eigenvalue weighted by Crippen LogP contribution is 2.36. The van der Waals surface area contributed by atoms with E-state index in [-0.39, 0.29) is 42.5 Å². The highest BCUT2D eigenvalue weighted by Gasteiger charge is 2.47. The number of halogens is 5. The van der Waals surface area contributed by atoms with Gasteiger partial charge in [0.15, 0.2) is 0 Å². The Morgan fingerprint density at radius 3 is 2.22 bits per heavy atom. The molecule has 1 fully saturated rings. The molecule has 2 aromatic rings. The summed E-state index contributed by atoms with van der Waals surface area (Å²) in [5.41, 5.74) is -6.41. The maximum Gasteiger partial charge on any atom is 0.501 e. The Kier molecular flexibility index (Phi) is 6.33. The molecule has 0 radical (unpaired) electrons. The number of rotatable bonds is 4. The van der Waals surface area contributed by atoms with Gasteiger partial charge in [0.25, 0.3) is 21.4 Å². The van der Waals surface area contributed by atoms with Crippen LogP contribution in [0.3, 0.4) is 0 Å². The normalized spacial score (nSPS) is 15.0. The fourth-order valence-corrected chi connectivity index (χ4v) is 4.23. The number of anilines is 1. The number of nitro groups is 1. The van der Waals surface area contributed by atoms with E-state index in [2.05, 4.69) is 0 Å². The van der Waals surface area contributed by atoms with Crippen LogP contribution in [-0.4, -0.2) is 55.8 Å². The van der Waals surface area contributed by atoms with E-state index in [4.69, 9.17) is 11.6 Å². The first-order valence-electron chi connectivity index (χ1n) is 8.92. The van der Waals surface area contributed by atoms with Gasteiger partial charge in [0.05, 0.1) is 20.4 Å². The van der Waals surface area contributed by atoms with Crippen LogP contribution in [-0.2, 0) is 9.84 Å². The monoisotopic (exact) mass is 495 g/mol. The van der Waals surface area contributed by atoms with E-state index < -0.39 is 42.6 Å². The van der Waals surface area contributed by atoms with Crippen molar-refractivity contribution in [1.29, 1.82) is 0 Å². The van der Waals surface area contributed by atoms with Gasteiger partial charge >= 0.3 is 5.51 Å². The molecule has 0 unspecified atom stereocenters. The van der Waals surface area contributed by atoms with E-state index >= 15 is 0 Å². The van der Waals surface area contributed by atoms with Crippen LogP contribution in [0.25, 0.3) is 0 Å². The molecule has 1 amide bonds. The molecule has 0 bridgehead atoms. The first-order chi connectivity index (χ1) is 14.8. The summed E-state index contributed by atoms with van der Waals surface area (Å²) in [6.45, 7) is 0.339. The number of nitrogens with zero attached hydrogens (tertiary/aromatic N) is 3. The Labute approximate surface area is 184 Å². The summed E-state index contributed by atoms with van der Waals surface area (Å²) >= 11 is 5.91. The summed E-state index contributed by atoms with van der Waals surface area (Å²) in [5, 5.41) is 11.3. The lowest BCUT2D eigenvalue weighted by Gasteiger charge is -2.36. The summed E-state index contributed by atoms with van der Waals surface area (Å²) in [7, 11) is -5.75. The maximum atomic E-state index is 13.2. The average Bonchev–Trinajstić information content (AvgIpc) is 2.72. The van der Waals surface area contributed by atoms with Gasteiger partial charge in [-0.1, -0.05) is 11.6 Å². The number of sulfone groups is 1. The molecule has 3 rings (SSSR count). The Hall–Kier alpha value is -2.93. The minimum atomic E-state index is -5.75. The molecule has 0 N–H and O–H groups in total. The maximum absolute atomic E-state index is 13.2. The number of piperazine rings is 1. The van der Waals surface area contributed by atoms with E-state index in [9.17, 15) is 40.9 Å². The van der Waals surface area contributed by atoms with Crippen LogP contribution < -0.4 is 4.90 Å². The van der Waals surface area contributed by atoms with E-state index in [1.54, 1.807) is 0 Å². The van der Waals surface area contributed by atoms with Gasteiger partial charge in [-0.05, 0) is 30.3 Å². The molecule has 14 heteroatoms. The quantitative estimate of drug-likeness (QED) is 0.365. The zero-order valence-corrected chi connectivity index (χ0v) is 17.5. The number of hydrogen-bond acceptors (Lipinski definition) is 6. The number of benzene rings is 2. The van der Waals surface area contributed by atoms with Crippen molar-refractivity contribution in [1.82, 2.24) is 4.90 Å². The van der Waals surface area contributed by atoms with Gasteiger partial charge in [-0.2, -0.15) is 13.2 Å². The Bertz CT molecular complexity index is 1180. The van der Waals surface area contributed by atoms with Crippen LogP contribution in [0.15, 0.2) is 41.3 Å². The van der Waals surface area contributed by atoms with Crippen molar-refractivity contribution in [2.45, 2.75) is 10.4 Å². The second kappa shape index (κ2) is 8.54. The van der Waals surface area contributed by atoms with Crippen molar-refractivity contribution in [2.24, 2.45) is 0 Å². The number of hydrogen-bond donors (Lipinski definition) is 0. The molecule has 1 saturated heterocycles. The summed E-state index contributed by atoms with van der Waals surface area (Å²) in [5.74, 6) is -1.09. The smallest absolute Gasteiger partial charge is 0.362 e. The summed E-state index contributed by atoms with van der Waals surface area (Å²) in [4.78, 5) is 24.7. The van der Waals surface area contributed by atoms with Crippen LogP contribution >= 0.6 is 11.6 Å². The molecule has 2 aromatic carbocycles. The van der Waals surface area contributed by atoms with Gasteiger partial charge in [-0.15, -0.1) is 0 Å². The van der Waals surface area contributed by atoms with Gasteiger partial charge in [-0.25, -0.2) is 12.8 Å². The molecular weight excluding hydrogens is 482 g/mol. The summed E-state index contributed by atoms with van der Waals surface area (Å²) < 4.78 is 74.7. The number of amides is 1. The molecule has 0 atom stereocenters. The SMILES string of the molecule is O=C(c1ccc(F)cc1Cl)N1CCN(c2ccc(S(=O)(=O)C(F)(F)F)cc2[N+](=O)[O-])CC1. The lowest BCUT2D eigenvalue weighted by Crippen LogP contribution is -2.49. The highest BCUT2D eigenvalue weighted by atomic mass is 35.5. The van der Waals surface area contributed by atoms with Crippen molar-refractivity contribution < 1.29 is 35.7 Å². The van der Waals surface area contributed by atoms with E-state index in [0.29, 0.717) is 12.1 Å². The number of alkyl halides is 3. The molecule has 32 heavy (non-hydrogen) atoms. The highest BCUT2D eigenvalue weighted by molar-refractivity contribution is 7.92. The Balaban J connectivity index is 1.82. The molecule has 0 saturated carbocycles. The Morgan fingerprint density at radius 1 is 1.06 bits per heavy atom. The zero-order valence-electron chi connectivity index (χ0n) is 16.0. The second-order valence-corrected chi connectivity index (χ2v) is 9.11. The zero-order chi connectivity index (χ0) is 23.8. The van der Waals surface area contributed by atoms with Gasteiger partial charge in [0.1, 0.15) is 11.5 Å². The summed E-state index contributed by atoms with van der Waals surface area (Å²) in [6.07, 6.45) is 0. The molecule has 172 valence electrons. The number of carbonyl (C=O) groups is 1. The van der Waals surface area contributed by atoms with Gasteiger partial charge < -0.3 is 9.80 Å². The predicted molar refractivity (Wildman–Crippen MR) is 106 cm³/mol. The van der Waals surface area contributed by atoms with Gasteiger partial charge in [0.2, 0.25) is 0 Å². The molecule has 1 aliphatic heterocycles. The average molecular weight is 496 g/mol. The molecule has 8 nitrogen and oxygen atoms in total. The van der Waals surface area contributed by atoms with Gasteiger partial charge in [-0.3, -0.25) is 14.9 Å². The third kappa shape index (κ3) is 4.48. The van der Waals surface area contributed by atoms with Crippen molar-refractivity contribution in [3.05, 3.63) is 62.9 Å². The van der Waals surface area contributed by atoms with Gasteiger partial charge in [0, 0.05) is 32.2 Å². The minimum Gasteiger partial charge on any atom is -0.362 e. The van der Waals surface area contributed by atoms with Crippen LogP contribution in [0.5, 0.6) is 0 Å². The van der Waals surface area contributed by atoms with Crippen molar-refractivity contribution >= 4 is 38.7 Å². The largest absolute Gasteiger partial charge is 0.501 e. The van der Waals surface area contributed by atoms with Crippen molar-refractivity contribution in [2.75, 3.05) is 31.1 Å². The van der Waals surface area contributed by atoms with Crippen molar-refractivity contribution in [3.8, 4) is 0 Å². The first-order valence-corrected chi connectivity index (χ1v) is 10.8. The molecule has 0 aliphatic carbocycles. The molecule has 0 aromatic heterocycles. The third-order valence-electron chi connectivity index (χ3n) is 4.83. The number of carbonyl (C=O) groups excluding carboxylic acids is 1. The molecule has 1 heterocycles. The second-order valence-electron chi connectivity index (χ2n) is 6.76. The molecular formula is C18H14ClF4N3O5S. The lowest BCUT2D eigenvalue weighted by atomic mass is 10.1. The minimum absolute atomic E-state index is 0.0745. The summed E-state index contributed by atoms with van der Waals surface area (Å²) in [6, 6.07) is 5.26. The fraction of sp³-hybridized carbons (Fsp3) is 0.278. The van der Waals surface area contributed by atoms with Crippen molar-refractivity contribution in [3.63, 3.8) is 0 Å². The first kappa shape index (κ1) is 23.7. The van der Waals surface area contributed by atoms with E-state index in [0.717, 1.165) is 18.2 Å². The predicted octanol–water partition coefficient (Wildman–Crippen LogP) is 3.64. The lowest BCUT2D eigenvalue weighted by molar-refractivity contribution is -0.384. The topological polar surface area (TPSA) is 101 Å².